The first kappa shape index (κ1) is 8.39. The van der Waals surface area contributed by atoms with Crippen molar-refractivity contribution < 1.29 is 5.11 Å². The quantitative estimate of drug-likeness (QED) is 0.669. The van der Waals surface area contributed by atoms with Crippen LogP contribution in [0.25, 0.3) is 16.7 Å². The highest BCUT2D eigenvalue weighted by Gasteiger charge is 2.04. The zero-order chi connectivity index (χ0) is 10.1. The largest absolute Gasteiger partial charge is 0.508 e. The van der Waals surface area contributed by atoms with Crippen molar-refractivity contribution in [2.75, 3.05) is 0 Å². The summed E-state index contributed by atoms with van der Waals surface area (Å²) in [4.78, 5) is 2.96. The van der Waals surface area contributed by atoms with Gasteiger partial charge in [0.1, 0.15) is 11.8 Å². The number of nitrogens with zero attached hydrogens (tertiary/aromatic N) is 1. The normalized spacial score (nSPS) is 9.93. The molecule has 0 unspecified atom stereocenters. The molecule has 0 aliphatic carbocycles. The Labute approximate surface area is 80.9 Å². The second-order valence-electron chi connectivity index (χ2n) is 3.02. The molecule has 14 heavy (non-hydrogen) atoms. The third kappa shape index (κ3) is 1.14. The Morgan fingerprint density at radius 3 is 2.93 bits per heavy atom. The van der Waals surface area contributed by atoms with E-state index in [1.165, 1.54) is 0 Å². The molecule has 0 atom stereocenters. The van der Waals surface area contributed by atoms with Crippen LogP contribution in [-0.2, 0) is 0 Å². The second-order valence-corrected chi connectivity index (χ2v) is 3.02. The van der Waals surface area contributed by atoms with Crippen molar-refractivity contribution in [1.29, 1.82) is 5.26 Å². The minimum absolute atomic E-state index is 0.0278. The predicted molar refractivity (Wildman–Crippen MR) is 54.7 cm³/mol. The highest BCUT2D eigenvalue weighted by Crippen LogP contribution is 2.21. The molecular weight excluding hydrogens is 176 g/mol. The summed E-state index contributed by atoms with van der Waals surface area (Å²) in [6.45, 7) is 3.44. The molecule has 1 aromatic heterocycles. The van der Waals surface area contributed by atoms with Crippen LogP contribution in [-0.4, -0.2) is 10.1 Å². The Balaban J connectivity index is 2.70. The summed E-state index contributed by atoms with van der Waals surface area (Å²) < 4.78 is 0. The smallest absolute Gasteiger partial charge is 0.115 e. The summed E-state index contributed by atoms with van der Waals surface area (Å²) in [5.74, 6) is 0.0278. The predicted octanol–water partition coefficient (Wildman–Crippen LogP) is 2.57. The van der Waals surface area contributed by atoms with E-state index >= 15 is 0 Å². The molecule has 1 aromatic carbocycles. The van der Waals surface area contributed by atoms with Gasteiger partial charge in [-0.15, -0.1) is 0 Å². The maximum absolute atomic E-state index is 9.17. The third-order valence-corrected chi connectivity index (χ3v) is 2.14. The number of aliphatic hydroxyl groups excluding tert-OH is 1. The van der Waals surface area contributed by atoms with Crippen molar-refractivity contribution in [2.24, 2.45) is 0 Å². The summed E-state index contributed by atoms with van der Waals surface area (Å²) in [7, 11) is 0. The van der Waals surface area contributed by atoms with Gasteiger partial charge in [0.25, 0.3) is 0 Å². The van der Waals surface area contributed by atoms with Gasteiger partial charge in [0.15, 0.2) is 0 Å². The van der Waals surface area contributed by atoms with Gasteiger partial charge in [-0.2, -0.15) is 5.26 Å². The van der Waals surface area contributed by atoms with E-state index in [0.29, 0.717) is 11.1 Å². The van der Waals surface area contributed by atoms with Gasteiger partial charge in [-0.05, 0) is 6.07 Å². The van der Waals surface area contributed by atoms with Crippen LogP contribution >= 0.6 is 0 Å². The highest BCUT2D eigenvalue weighted by atomic mass is 16.3. The summed E-state index contributed by atoms with van der Waals surface area (Å²) in [5, 5.41) is 18.8. The Hall–Kier alpha value is -2.21. The number of fused-ring (bicyclic) bond motifs is 1. The first-order valence-electron chi connectivity index (χ1n) is 4.12. The second kappa shape index (κ2) is 2.93. The maximum atomic E-state index is 9.17. The molecule has 3 heteroatoms. The number of nitriles is 1. The van der Waals surface area contributed by atoms with E-state index in [9.17, 15) is 5.11 Å². The maximum Gasteiger partial charge on any atom is 0.115 e. The number of aromatic amines is 1. The van der Waals surface area contributed by atoms with E-state index in [1.807, 2.05) is 0 Å². The fourth-order valence-corrected chi connectivity index (χ4v) is 1.40. The van der Waals surface area contributed by atoms with E-state index < -0.39 is 0 Å². The first-order chi connectivity index (χ1) is 6.72. The molecule has 0 radical (unpaired) electrons. The molecule has 0 saturated carbocycles. The van der Waals surface area contributed by atoms with Crippen LogP contribution in [0.4, 0.5) is 0 Å². The SMILES string of the molecule is C=C(O)c1ccc2c(C#N)c[nH]c2c1. The van der Waals surface area contributed by atoms with Gasteiger partial charge >= 0.3 is 0 Å². The van der Waals surface area contributed by atoms with Crippen molar-refractivity contribution in [3.63, 3.8) is 0 Å². The molecule has 0 aliphatic rings. The molecule has 1 heterocycles. The van der Waals surface area contributed by atoms with Gasteiger partial charge in [-0.25, -0.2) is 0 Å². The summed E-state index contributed by atoms with van der Waals surface area (Å²) >= 11 is 0. The average Bonchev–Trinajstić information content (AvgIpc) is 2.59. The van der Waals surface area contributed by atoms with Crippen LogP contribution in [0.15, 0.2) is 31.0 Å². The van der Waals surface area contributed by atoms with E-state index in [1.54, 1.807) is 24.4 Å². The lowest BCUT2D eigenvalue weighted by Gasteiger charge is -1.97. The van der Waals surface area contributed by atoms with Crippen molar-refractivity contribution in [3.8, 4) is 6.07 Å². The van der Waals surface area contributed by atoms with Crippen LogP contribution < -0.4 is 0 Å². The van der Waals surface area contributed by atoms with Gasteiger partial charge in [-0.3, -0.25) is 0 Å². The fraction of sp³-hybridized carbons (Fsp3) is 0. The Bertz CT molecular complexity index is 546. The molecule has 2 rings (SSSR count). The van der Waals surface area contributed by atoms with Crippen LogP contribution in [0, 0.1) is 11.3 Å². The monoisotopic (exact) mass is 184 g/mol. The number of H-pyrrole nitrogens is 1. The van der Waals surface area contributed by atoms with Crippen LogP contribution in [0.3, 0.4) is 0 Å². The topological polar surface area (TPSA) is 59.8 Å². The van der Waals surface area contributed by atoms with E-state index in [4.69, 9.17) is 5.26 Å². The van der Waals surface area contributed by atoms with Gasteiger partial charge in [-0.1, -0.05) is 18.7 Å². The number of rotatable bonds is 1. The molecule has 0 aliphatic heterocycles. The molecule has 2 N–H and O–H groups in total. The van der Waals surface area contributed by atoms with E-state index in [-0.39, 0.29) is 5.76 Å². The lowest BCUT2D eigenvalue weighted by atomic mass is 10.1. The summed E-state index contributed by atoms with van der Waals surface area (Å²) in [6.07, 6.45) is 1.65. The molecule has 0 bridgehead atoms. The molecule has 2 aromatic rings. The summed E-state index contributed by atoms with van der Waals surface area (Å²) in [6, 6.07) is 7.37. The molecule has 0 fully saturated rings. The molecule has 0 saturated heterocycles. The molecular formula is C11H8N2O. The third-order valence-electron chi connectivity index (χ3n) is 2.14. The highest BCUT2D eigenvalue weighted by molar-refractivity contribution is 5.87. The Kier molecular flexibility index (Phi) is 1.76. The number of benzene rings is 1. The van der Waals surface area contributed by atoms with Gasteiger partial charge < -0.3 is 10.1 Å². The minimum Gasteiger partial charge on any atom is -0.508 e. The number of nitrogens with one attached hydrogen (secondary N) is 1. The molecule has 3 nitrogen and oxygen atoms in total. The van der Waals surface area contributed by atoms with E-state index in [0.717, 1.165) is 10.9 Å². The number of aromatic nitrogens is 1. The number of aliphatic hydroxyl groups is 1. The van der Waals surface area contributed by atoms with Crippen molar-refractivity contribution in [1.82, 2.24) is 4.98 Å². The molecule has 0 spiro atoms. The van der Waals surface area contributed by atoms with Gasteiger partial charge in [0, 0.05) is 22.7 Å². The van der Waals surface area contributed by atoms with Crippen LogP contribution in [0.2, 0.25) is 0 Å². The standard InChI is InChI=1S/C11H8N2O/c1-7(14)8-2-3-10-9(5-12)6-13-11(10)4-8/h2-4,6,13-14H,1H2. The lowest BCUT2D eigenvalue weighted by Crippen LogP contribution is -1.80. The number of hydrogen-bond acceptors (Lipinski definition) is 2. The summed E-state index contributed by atoms with van der Waals surface area (Å²) in [5.41, 5.74) is 2.09. The van der Waals surface area contributed by atoms with E-state index in [2.05, 4.69) is 17.6 Å². The minimum atomic E-state index is 0.0278. The zero-order valence-corrected chi connectivity index (χ0v) is 7.41. The molecule has 0 amide bonds. The van der Waals surface area contributed by atoms with Crippen molar-refractivity contribution in [2.45, 2.75) is 0 Å². The Morgan fingerprint density at radius 2 is 2.29 bits per heavy atom. The zero-order valence-electron chi connectivity index (χ0n) is 7.41. The fourth-order valence-electron chi connectivity index (χ4n) is 1.40. The van der Waals surface area contributed by atoms with Crippen LogP contribution in [0.5, 0.6) is 0 Å². The van der Waals surface area contributed by atoms with Crippen molar-refractivity contribution in [3.05, 3.63) is 42.1 Å². The van der Waals surface area contributed by atoms with Gasteiger partial charge in [0.2, 0.25) is 0 Å². The van der Waals surface area contributed by atoms with Crippen molar-refractivity contribution >= 4 is 16.7 Å². The lowest BCUT2D eigenvalue weighted by molar-refractivity contribution is 0.514. The average molecular weight is 184 g/mol. The number of hydrogen-bond donors (Lipinski definition) is 2. The van der Waals surface area contributed by atoms with Gasteiger partial charge in [0.05, 0.1) is 5.56 Å². The van der Waals surface area contributed by atoms with Crippen LogP contribution in [0.1, 0.15) is 11.1 Å². The molecule has 68 valence electrons. The Morgan fingerprint density at radius 1 is 1.50 bits per heavy atom. The first-order valence-corrected chi connectivity index (χ1v) is 4.12.